The molecule has 0 atom stereocenters. The maximum Gasteiger partial charge on any atom is 0.343 e. The molecule has 2 heterocycles. The first-order valence-corrected chi connectivity index (χ1v) is 6.78. The van der Waals surface area contributed by atoms with Crippen LogP contribution in [0.3, 0.4) is 0 Å². The van der Waals surface area contributed by atoms with Gasteiger partial charge in [0.05, 0.1) is 12.3 Å². The fraction of sp³-hybridized carbons (Fsp3) is 0.267. The summed E-state index contributed by atoms with van der Waals surface area (Å²) in [5, 5.41) is 8.92. The molecule has 3 rings (SSSR count). The van der Waals surface area contributed by atoms with Gasteiger partial charge in [0.25, 0.3) is 0 Å². The first kappa shape index (κ1) is 13.4. The summed E-state index contributed by atoms with van der Waals surface area (Å²) in [6.45, 7) is 3.92. The SMILES string of the molecule is CCOC(=O)c1c(C)nn2c(-c3ccccc3)nn(C)c12. The summed E-state index contributed by atoms with van der Waals surface area (Å²) in [5.41, 5.74) is 2.69. The molecule has 0 unspecified atom stereocenters. The van der Waals surface area contributed by atoms with Crippen LogP contribution >= 0.6 is 0 Å². The van der Waals surface area contributed by atoms with Gasteiger partial charge in [0, 0.05) is 12.6 Å². The minimum absolute atomic E-state index is 0.332. The van der Waals surface area contributed by atoms with Crippen molar-refractivity contribution < 1.29 is 9.53 Å². The number of carbonyl (C=O) groups excluding carboxylic acids is 1. The van der Waals surface area contributed by atoms with Crippen molar-refractivity contribution in [1.29, 1.82) is 0 Å². The standard InChI is InChI=1S/C15H16N4O2/c1-4-21-15(20)12-10(2)16-19-13(17-18(3)14(12)19)11-8-6-5-7-9-11/h5-9H,4H2,1-3H3. The Kier molecular flexibility index (Phi) is 3.21. The van der Waals surface area contributed by atoms with Crippen LogP contribution in [0.4, 0.5) is 0 Å². The molecule has 0 saturated heterocycles. The van der Waals surface area contributed by atoms with Gasteiger partial charge in [-0.2, -0.15) is 14.7 Å². The van der Waals surface area contributed by atoms with E-state index >= 15 is 0 Å². The summed E-state index contributed by atoms with van der Waals surface area (Å²) in [5.74, 6) is 0.333. The smallest absolute Gasteiger partial charge is 0.343 e. The number of fused-ring (bicyclic) bond motifs is 1. The van der Waals surface area contributed by atoms with Crippen molar-refractivity contribution in [3.05, 3.63) is 41.6 Å². The highest BCUT2D eigenvalue weighted by molar-refractivity contribution is 5.97. The zero-order valence-electron chi connectivity index (χ0n) is 12.2. The quantitative estimate of drug-likeness (QED) is 0.692. The lowest BCUT2D eigenvalue weighted by atomic mass is 10.2. The monoisotopic (exact) mass is 284 g/mol. The molecule has 1 aromatic carbocycles. The van der Waals surface area contributed by atoms with E-state index in [4.69, 9.17) is 4.74 Å². The van der Waals surface area contributed by atoms with Gasteiger partial charge in [0.1, 0.15) is 5.56 Å². The van der Waals surface area contributed by atoms with E-state index in [0.717, 1.165) is 5.56 Å². The van der Waals surface area contributed by atoms with Crippen LogP contribution < -0.4 is 0 Å². The van der Waals surface area contributed by atoms with E-state index in [1.165, 1.54) is 0 Å². The summed E-state index contributed by atoms with van der Waals surface area (Å²) in [7, 11) is 1.80. The van der Waals surface area contributed by atoms with Crippen LogP contribution in [0.1, 0.15) is 23.0 Å². The van der Waals surface area contributed by atoms with Crippen LogP contribution in [0, 0.1) is 6.92 Å². The van der Waals surface area contributed by atoms with Gasteiger partial charge >= 0.3 is 5.97 Å². The normalized spacial score (nSPS) is 11.0. The molecule has 2 aromatic heterocycles. The molecular formula is C15H16N4O2. The summed E-state index contributed by atoms with van der Waals surface area (Å²) in [6, 6.07) is 9.75. The van der Waals surface area contributed by atoms with Crippen molar-refractivity contribution in [3.63, 3.8) is 0 Å². The maximum atomic E-state index is 12.1. The van der Waals surface area contributed by atoms with Gasteiger partial charge in [0.15, 0.2) is 11.5 Å². The molecule has 3 aromatic rings. The zero-order chi connectivity index (χ0) is 15.0. The van der Waals surface area contributed by atoms with Crippen LogP contribution in [0.25, 0.3) is 17.0 Å². The Balaban J connectivity index is 2.24. The first-order valence-electron chi connectivity index (χ1n) is 6.78. The van der Waals surface area contributed by atoms with E-state index in [9.17, 15) is 4.79 Å². The highest BCUT2D eigenvalue weighted by Gasteiger charge is 2.24. The lowest BCUT2D eigenvalue weighted by molar-refractivity contribution is 0.0527. The van der Waals surface area contributed by atoms with Crippen molar-refractivity contribution >= 4 is 11.6 Å². The molecule has 0 radical (unpaired) electrons. The number of carbonyl (C=O) groups is 1. The molecule has 6 heteroatoms. The lowest BCUT2D eigenvalue weighted by Gasteiger charge is -2.00. The molecule has 6 nitrogen and oxygen atoms in total. The average molecular weight is 284 g/mol. The van der Waals surface area contributed by atoms with Crippen molar-refractivity contribution in [2.75, 3.05) is 6.61 Å². The highest BCUT2D eigenvalue weighted by atomic mass is 16.5. The Morgan fingerprint density at radius 2 is 1.95 bits per heavy atom. The van der Waals surface area contributed by atoms with E-state index in [1.54, 1.807) is 30.1 Å². The van der Waals surface area contributed by atoms with Gasteiger partial charge in [-0.1, -0.05) is 30.3 Å². The third kappa shape index (κ3) is 2.08. The van der Waals surface area contributed by atoms with E-state index in [-0.39, 0.29) is 5.97 Å². The molecule has 0 bridgehead atoms. The third-order valence-corrected chi connectivity index (χ3v) is 3.30. The van der Waals surface area contributed by atoms with Crippen LogP contribution in [-0.2, 0) is 11.8 Å². The van der Waals surface area contributed by atoms with Gasteiger partial charge in [-0.15, -0.1) is 0 Å². The number of hydrogen-bond acceptors (Lipinski definition) is 4. The largest absolute Gasteiger partial charge is 0.462 e. The Labute approximate surface area is 122 Å². The number of ether oxygens (including phenoxy) is 1. The predicted molar refractivity (Wildman–Crippen MR) is 78.1 cm³/mol. The number of nitrogens with zero attached hydrogens (tertiary/aromatic N) is 4. The number of hydrogen-bond donors (Lipinski definition) is 0. The van der Waals surface area contributed by atoms with Gasteiger partial charge in [-0.25, -0.2) is 9.48 Å². The second-order valence-electron chi connectivity index (χ2n) is 4.73. The van der Waals surface area contributed by atoms with Crippen molar-refractivity contribution in [1.82, 2.24) is 19.4 Å². The number of rotatable bonds is 3. The van der Waals surface area contributed by atoms with E-state index in [0.29, 0.717) is 29.3 Å². The Morgan fingerprint density at radius 3 is 2.62 bits per heavy atom. The van der Waals surface area contributed by atoms with Crippen LogP contribution in [-0.4, -0.2) is 32.0 Å². The summed E-state index contributed by atoms with van der Waals surface area (Å²) in [6.07, 6.45) is 0. The minimum Gasteiger partial charge on any atom is -0.462 e. The summed E-state index contributed by atoms with van der Waals surface area (Å²) in [4.78, 5) is 12.1. The lowest BCUT2D eigenvalue weighted by Crippen LogP contribution is -2.07. The van der Waals surface area contributed by atoms with Crippen LogP contribution in [0.15, 0.2) is 30.3 Å². The number of aromatic nitrogens is 4. The predicted octanol–water partition coefficient (Wildman–Crippen LogP) is 2.22. The van der Waals surface area contributed by atoms with Gasteiger partial charge in [0.2, 0.25) is 0 Å². The van der Waals surface area contributed by atoms with Gasteiger partial charge < -0.3 is 4.74 Å². The van der Waals surface area contributed by atoms with E-state index in [2.05, 4.69) is 10.2 Å². The van der Waals surface area contributed by atoms with E-state index < -0.39 is 0 Å². The molecule has 0 saturated carbocycles. The number of benzene rings is 1. The maximum absolute atomic E-state index is 12.1. The van der Waals surface area contributed by atoms with E-state index in [1.807, 2.05) is 30.3 Å². The first-order chi connectivity index (χ1) is 10.1. The highest BCUT2D eigenvalue weighted by Crippen LogP contribution is 2.23. The molecule has 21 heavy (non-hydrogen) atoms. The molecule has 0 fully saturated rings. The fourth-order valence-electron chi connectivity index (χ4n) is 2.40. The average Bonchev–Trinajstić information content (AvgIpc) is 2.97. The van der Waals surface area contributed by atoms with Crippen molar-refractivity contribution in [3.8, 4) is 11.4 Å². The molecule has 0 spiro atoms. The summed E-state index contributed by atoms with van der Waals surface area (Å²) >= 11 is 0. The second kappa shape index (κ2) is 5.05. The molecule has 0 N–H and O–H groups in total. The Hall–Kier alpha value is -2.63. The van der Waals surface area contributed by atoms with Crippen molar-refractivity contribution in [2.45, 2.75) is 13.8 Å². The fourth-order valence-corrected chi connectivity index (χ4v) is 2.40. The Morgan fingerprint density at radius 1 is 1.24 bits per heavy atom. The van der Waals surface area contributed by atoms with Crippen LogP contribution in [0.2, 0.25) is 0 Å². The Bertz CT molecular complexity index is 802. The second-order valence-corrected chi connectivity index (χ2v) is 4.73. The molecule has 0 aliphatic carbocycles. The molecular weight excluding hydrogens is 268 g/mol. The molecule has 0 aliphatic rings. The molecule has 108 valence electrons. The van der Waals surface area contributed by atoms with Crippen LogP contribution in [0.5, 0.6) is 0 Å². The summed E-state index contributed by atoms with van der Waals surface area (Å²) < 4.78 is 8.46. The molecule has 0 amide bonds. The number of esters is 1. The number of aryl methyl sites for hydroxylation is 2. The molecule has 0 aliphatic heterocycles. The van der Waals surface area contributed by atoms with Gasteiger partial charge in [-0.3, -0.25) is 0 Å². The topological polar surface area (TPSA) is 61.4 Å². The third-order valence-electron chi connectivity index (χ3n) is 3.30. The minimum atomic E-state index is -0.368. The van der Waals surface area contributed by atoms with Gasteiger partial charge in [-0.05, 0) is 13.8 Å². The van der Waals surface area contributed by atoms with Crippen molar-refractivity contribution in [2.24, 2.45) is 7.05 Å². The zero-order valence-corrected chi connectivity index (χ0v) is 12.2.